The normalized spacial score (nSPS) is 10.8. The van der Waals surface area contributed by atoms with E-state index in [1.54, 1.807) is 16.8 Å². The number of rotatable bonds is 8. The highest BCUT2D eigenvalue weighted by Crippen LogP contribution is 2.19. The van der Waals surface area contributed by atoms with E-state index in [0.717, 1.165) is 29.9 Å². The zero-order chi connectivity index (χ0) is 19.9. The molecule has 0 aliphatic heterocycles. The Bertz CT molecular complexity index is 917. The summed E-state index contributed by atoms with van der Waals surface area (Å²) in [7, 11) is 0. The second kappa shape index (κ2) is 9.51. The Morgan fingerprint density at radius 3 is 2.36 bits per heavy atom. The number of amides is 1. The number of unbranched alkanes of at least 4 members (excludes halogenated alkanes) is 1. The lowest BCUT2D eigenvalue weighted by atomic mass is 10.1. The molecule has 28 heavy (non-hydrogen) atoms. The summed E-state index contributed by atoms with van der Waals surface area (Å²) in [5.41, 5.74) is 4.02. The van der Waals surface area contributed by atoms with Gasteiger partial charge in [-0.1, -0.05) is 55.6 Å². The van der Waals surface area contributed by atoms with Crippen molar-refractivity contribution in [2.45, 2.75) is 46.0 Å². The van der Waals surface area contributed by atoms with Crippen LogP contribution in [0.15, 0.2) is 48.5 Å². The molecule has 1 amide bonds. The average Bonchev–Trinajstić information content (AvgIpc) is 3.12. The minimum atomic E-state index is -0.245. The van der Waals surface area contributed by atoms with Crippen molar-refractivity contribution in [3.8, 4) is 5.69 Å². The van der Waals surface area contributed by atoms with E-state index in [4.69, 9.17) is 11.6 Å². The summed E-state index contributed by atoms with van der Waals surface area (Å²) in [4.78, 5) is 12.8. The van der Waals surface area contributed by atoms with Crippen LogP contribution in [0, 0.1) is 0 Å². The Kier molecular flexibility index (Phi) is 6.82. The molecule has 0 spiro atoms. The third-order valence-electron chi connectivity index (χ3n) is 4.57. The van der Waals surface area contributed by atoms with Crippen LogP contribution in [0.25, 0.3) is 5.69 Å². The fourth-order valence-electron chi connectivity index (χ4n) is 3.05. The summed E-state index contributed by atoms with van der Waals surface area (Å²) in [6.07, 6.45) is 4.98. The number of aryl methyl sites for hydroxylation is 1. The van der Waals surface area contributed by atoms with Crippen LogP contribution in [0.1, 0.15) is 54.9 Å². The number of benzene rings is 2. The molecule has 0 aliphatic rings. The Morgan fingerprint density at radius 2 is 1.71 bits per heavy atom. The Labute approximate surface area is 170 Å². The first-order valence-electron chi connectivity index (χ1n) is 9.73. The van der Waals surface area contributed by atoms with Gasteiger partial charge in [-0.15, -0.1) is 5.10 Å². The molecule has 1 aromatic heterocycles. The summed E-state index contributed by atoms with van der Waals surface area (Å²) in [6.45, 7) is 4.25. The van der Waals surface area contributed by atoms with Gasteiger partial charge >= 0.3 is 0 Å². The molecule has 0 unspecified atom stereocenters. The van der Waals surface area contributed by atoms with Crippen LogP contribution in [0.5, 0.6) is 0 Å². The van der Waals surface area contributed by atoms with Gasteiger partial charge in [-0.2, -0.15) is 0 Å². The van der Waals surface area contributed by atoms with Gasteiger partial charge in [0.15, 0.2) is 5.69 Å². The quantitative estimate of drug-likeness (QED) is 0.549. The van der Waals surface area contributed by atoms with E-state index < -0.39 is 0 Å². The maximum absolute atomic E-state index is 12.8. The molecule has 3 aromatic rings. The lowest BCUT2D eigenvalue weighted by Gasteiger charge is -2.08. The molecular formula is C22H25ClN4O. The predicted octanol–water partition coefficient (Wildman–Crippen LogP) is 5.47. The van der Waals surface area contributed by atoms with Gasteiger partial charge in [-0.05, 0) is 61.2 Å². The number of anilines is 1. The van der Waals surface area contributed by atoms with Crippen molar-refractivity contribution in [3.05, 3.63) is 70.5 Å². The molecule has 1 heterocycles. The molecule has 146 valence electrons. The fraction of sp³-hybridized carbons (Fsp3) is 0.318. The third kappa shape index (κ3) is 4.78. The summed E-state index contributed by atoms with van der Waals surface area (Å²) < 4.78 is 1.71. The van der Waals surface area contributed by atoms with Gasteiger partial charge in [0, 0.05) is 10.7 Å². The van der Waals surface area contributed by atoms with E-state index in [2.05, 4.69) is 41.6 Å². The van der Waals surface area contributed by atoms with Crippen LogP contribution in [-0.2, 0) is 12.8 Å². The molecule has 5 nitrogen and oxygen atoms in total. The fourth-order valence-corrected chi connectivity index (χ4v) is 3.18. The van der Waals surface area contributed by atoms with E-state index in [-0.39, 0.29) is 5.91 Å². The smallest absolute Gasteiger partial charge is 0.278 e. The van der Waals surface area contributed by atoms with E-state index in [0.29, 0.717) is 17.1 Å². The number of hydrogen-bond acceptors (Lipinski definition) is 3. The molecule has 0 fully saturated rings. The summed E-state index contributed by atoms with van der Waals surface area (Å²) in [5, 5.41) is 12.0. The van der Waals surface area contributed by atoms with Crippen LogP contribution >= 0.6 is 11.6 Å². The SMILES string of the molecule is CCCCc1ccc(NC(=O)c2nnn(-c3ccc(Cl)cc3)c2CCC)cc1. The molecule has 3 rings (SSSR count). The maximum Gasteiger partial charge on any atom is 0.278 e. The summed E-state index contributed by atoms with van der Waals surface area (Å²) >= 11 is 5.98. The standard InChI is InChI=1S/C22H25ClN4O/c1-3-5-7-16-8-12-18(13-9-16)24-22(28)21-20(6-4-2)27(26-25-21)19-14-10-17(23)11-15-19/h8-15H,3-7H2,1-2H3,(H,24,28). The first-order valence-corrected chi connectivity index (χ1v) is 10.1. The van der Waals surface area contributed by atoms with Crippen molar-refractivity contribution in [2.24, 2.45) is 0 Å². The highest BCUT2D eigenvalue weighted by atomic mass is 35.5. The number of nitrogens with one attached hydrogen (secondary N) is 1. The van der Waals surface area contributed by atoms with Crippen LogP contribution in [0.4, 0.5) is 5.69 Å². The zero-order valence-corrected chi connectivity index (χ0v) is 17.0. The lowest BCUT2D eigenvalue weighted by Crippen LogP contribution is -2.15. The average molecular weight is 397 g/mol. The van der Waals surface area contributed by atoms with Crippen molar-refractivity contribution < 1.29 is 4.79 Å². The molecule has 0 atom stereocenters. The molecule has 1 N–H and O–H groups in total. The predicted molar refractivity (Wildman–Crippen MR) is 113 cm³/mol. The molecule has 6 heteroatoms. The maximum atomic E-state index is 12.8. The first-order chi connectivity index (χ1) is 13.6. The van der Waals surface area contributed by atoms with Gasteiger partial charge in [0.05, 0.1) is 11.4 Å². The van der Waals surface area contributed by atoms with Gasteiger partial charge in [0.25, 0.3) is 5.91 Å². The number of carbonyl (C=O) groups excluding carboxylic acids is 1. The second-order valence-corrected chi connectivity index (χ2v) is 7.21. The highest BCUT2D eigenvalue weighted by Gasteiger charge is 2.20. The number of halogens is 1. The number of hydrogen-bond donors (Lipinski definition) is 1. The first kappa shape index (κ1) is 20.1. The van der Waals surface area contributed by atoms with Gasteiger partial charge in [-0.25, -0.2) is 4.68 Å². The lowest BCUT2D eigenvalue weighted by molar-refractivity contribution is 0.102. The Morgan fingerprint density at radius 1 is 1.00 bits per heavy atom. The van der Waals surface area contributed by atoms with Gasteiger partial charge in [-0.3, -0.25) is 4.79 Å². The molecule has 2 aromatic carbocycles. The van der Waals surface area contributed by atoms with Gasteiger partial charge in [0.2, 0.25) is 0 Å². The van der Waals surface area contributed by atoms with E-state index in [1.165, 1.54) is 18.4 Å². The van der Waals surface area contributed by atoms with E-state index >= 15 is 0 Å². The molecular weight excluding hydrogens is 372 g/mol. The monoisotopic (exact) mass is 396 g/mol. The van der Waals surface area contributed by atoms with Gasteiger partial charge in [0.1, 0.15) is 0 Å². The molecule has 0 radical (unpaired) electrons. The van der Waals surface area contributed by atoms with Crippen LogP contribution in [0.2, 0.25) is 5.02 Å². The second-order valence-electron chi connectivity index (χ2n) is 6.78. The van der Waals surface area contributed by atoms with Crippen molar-refractivity contribution in [1.82, 2.24) is 15.0 Å². The molecule has 0 saturated heterocycles. The minimum Gasteiger partial charge on any atom is -0.321 e. The van der Waals surface area contributed by atoms with Crippen molar-refractivity contribution >= 4 is 23.2 Å². The van der Waals surface area contributed by atoms with Crippen LogP contribution < -0.4 is 5.32 Å². The Balaban J connectivity index is 1.80. The summed E-state index contributed by atoms with van der Waals surface area (Å²) in [6, 6.07) is 15.3. The number of carbonyl (C=O) groups is 1. The van der Waals surface area contributed by atoms with E-state index in [9.17, 15) is 4.79 Å². The summed E-state index contributed by atoms with van der Waals surface area (Å²) in [5.74, 6) is -0.245. The third-order valence-corrected chi connectivity index (χ3v) is 4.82. The highest BCUT2D eigenvalue weighted by molar-refractivity contribution is 6.30. The number of aromatic nitrogens is 3. The molecule has 0 saturated carbocycles. The van der Waals surface area contributed by atoms with E-state index in [1.807, 2.05) is 24.3 Å². The van der Waals surface area contributed by atoms with Crippen molar-refractivity contribution in [3.63, 3.8) is 0 Å². The van der Waals surface area contributed by atoms with Gasteiger partial charge < -0.3 is 5.32 Å². The zero-order valence-electron chi connectivity index (χ0n) is 16.3. The van der Waals surface area contributed by atoms with Crippen LogP contribution in [-0.4, -0.2) is 20.9 Å². The van der Waals surface area contributed by atoms with Crippen molar-refractivity contribution in [1.29, 1.82) is 0 Å². The largest absolute Gasteiger partial charge is 0.321 e. The number of nitrogens with zero attached hydrogens (tertiary/aromatic N) is 3. The van der Waals surface area contributed by atoms with Crippen LogP contribution in [0.3, 0.4) is 0 Å². The molecule has 0 aliphatic carbocycles. The minimum absolute atomic E-state index is 0.245. The van der Waals surface area contributed by atoms with Crippen molar-refractivity contribution in [2.75, 3.05) is 5.32 Å². The topological polar surface area (TPSA) is 59.8 Å². The molecule has 0 bridgehead atoms. The Hall–Kier alpha value is -2.66.